The zero-order chi connectivity index (χ0) is 30.9. The van der Waals surface area contributed by atoms with Gasteiger partial charge in [-0.1, -0.05) is 84.9 Å². The number of fused-ring (bicyclic) bond motifs is 2. The van der Waals surface area contributed by atoms with Gasteiger partial charge < -0.3 is 0 Å². The van der Waals surface area contributed by atoms with E-state index in [2.05, 4.69) is 106 Å². The summed E-state index contributed by atoms with van der Waals surface area (Å²) in [5.41, 5.74) is 10.5. The molecule has 0 radical (unpaired) electrons. The van der Waals surface area contributed by atoms with Gasteiger partial charge in [-0.15, -0.1) is 0 Å². The van der Waals surface area contributed by atoms with Crippen LogP contribution in [0.15, 0.2) is 158 Å². The lowest BCUT2D eigenvalue weighted by molar-refractivity contribution is 1.22. The lowest BCUT2D eigenvalue weighted by Crippen LogP contribution is -1.94. The van der Waals surface area contributed by atoms with E-state index in [0.29, 0.717) is 5.69 Å². The summed E-state index contributed by atoms with van der Waals surface area (Å²) in [5.74, 6) is 0. The van der Waals surface area contributed by atoms with Gasteiger partial charge in [0.05, 0.1) is 29.3 Å². The van der Waals surface area contributed by atoms with Crippen LogP contribution in [0.25, 0.3) is 82.5 Å². The van der Waals surface area contributed by atoms with Crippen LogP contribution in [0.4, 0.5) is 5.69 Å². The van der Waals surface area contributed by atoms with Crippen molar-refractivity contribution < 1.29 is 0 Å². The number of pyridine rings is 3. The standard InChI is InChI=1S/C42H26N4/c1-43-36-10-6-9-33(24-36)37-11-7-8-29-16-19-32(25-38(29)37)30-17-14-28-15-18-31(23-34(28)22-30)35-26-41(39-12-2-4-20-44-39)46-42(27-35)40-13-3-5-21-45-40/h2-27H. The second-order valence-corrected chi connectivity index (χ2v) is 11.2. The summed E-state index contributed by atoms with van der Waals surface area (Å²) in [6.07, 6.45) is 3.59. The van der Waals surface area contributed by atoms with E-state index in [1.165, 1.54) is 10.8 Å². The highest BCUT2D eigenvalue weighted by molar-refractivity contribution is 6.00. The summed E-state index contributed by atoms with van der Waals surface area (Å²) >= 11 is 0. The molecular formula is C42H26N4. The van der Waals surface area contributed by atoms with Crippen LogP contribution in [-0.4, -0.2) is 15.0 Å². The molecule has 0 saturated carbocycles. The molecule has 46 heavy (non-hydrogen) atoms. The molecule has 0 bridgehead atoms. The highest BCUT2D eigenvalue weighted by Crippen LogP contribution is 2.36. The third-order valence-corrected chi connectivity index (χ3v) is 8.36. The van der Waals surface area contributed by atoms with E-state index in [9.17, 15) is 0 Å². The minimum Gasteiger partial charge on any atom is -0.255 e. The smallest absolute Gasteiger partial charge is 0.187 e. The molecule has 0 atom stereocenters. The summed E-state index contributed by atoms with van der Waals surface area (Å²) in [7, 11) is 0. The van der Waals surface area contributed by atoms with E-state index < -0.39 is 0 Å². The number of benzene rings is 5. The molecule has 8 aromatic rings. The fraction of sp³-hybridized carbons (Fsp3) is 0. The maximum Gasteiger partial charge on any atom is 0.187 e. The molecule has 3 aromatic heterocycles. The zero-order valence-electron chi connectivity index (χ0n) is 24.8. The third-order valence-electron chi connectivity index (χ3n) is 8.36. The van der Waals surface area contributed by atoms with E-state index in [1.807, 2.05) is 54.6 Å². The van der Waals surface area contributed by atoms with Gasteiger partial charge in [0.1, 0.15) is 0 Å². The van der Waals surface area contributed by atoms with Crippen molar-refractivity contribution in [1.82, 2.24) is 15.0 Å². The predicted molar refractivity (Wildman–Crippen MR) is 188 cm³/mol. The fourth-order valence-electron chi connectivity index (χ4n) is 6.04. The maximum absolute atomic E-state index is 7.46. The highest BCUT2D eigenvalue weighted by Gasteiger charge is 2.12. The van der Waals surface area contributed by atoms with Gasteiger partial charge in [0.25, 0.3) is 0 Å². The van der Waals surface area contributed by atoms with Crippen molar-refractivity contribution >= 4 is 27.2 Å². The molecule has 3 heterocycles. The molecule has 0 aliphatic carbocycles. The highest BCUT2D eigenvalue weighted by atomic mass is 14.8. The van der Waals surface area contributed by atoms with Gasteiger partial charge in [0.15, 0.2) is 5.69 Å². The van der Waals surface area contributed by atoms with Crippen LogP contribution >= 0.6 is 0 Å². The number of nitrogens with zero attached hydrogens (tertiary/aromatic N) is 4. The van der Waals surface area contributed by atoms with Crippen LogP contribution in [0.2, 0.25) is 0 Å². The minimum atomic E-state index is 0.643. The first-order valence-electron chi connectivity index (χ1n) is 15.1. The molecule has 4 heteroatoms. The van der Waals surface area contributed by atoms with E-state index in [1.54, 1.807) is 12.4 Å². The Morgan fingerprint density at radius 2 is 1.04 bits per heavy atom. The second kappa shape index (κ2) is 11.6. The number of rotatable bonds is 5. The molecule has 0 unspecified atom stereocenters. The average Bonchev–Trinajstić information content (AvgIpc) is 3.14. The zero-order valence-corrected chi connectivity index (χ0v) is 24.8. The lowest BCUT2D eigenvalue weighted by atomic mass is 9.93. The number of hydrogen-bond acceptors (Lipinski definition) is 3. The monoisotopic (exact) mass is 586 g/mol. The quantitative estimate of drug-likeness (QED) is 0.188. The Labute approximate surface area is 267 Å². The Balaban J connectivity index is 1.23. The lowest BCUT2D eigenvalue weighted by Gasteiger charge is -2.12. The van der Waals surface area contributed by atoms with Gasteiger partial charge in [-0.2, -0.15) is 0 Å². The SMILES string of the molecule is [C-]#[N+]c1cccc(-c2cccc3ccc(-c4ccc5ccc(-c6cc(-c7ccccn7)nc(-c7ccccn7)c6)cc5c4)cc23)c1. The predicted octanol–water partition coefficient (Wildman–Crippen LogP) is 11.1. The normalized spacial score (nSPS) is 11.0. The summed E-state index contributed by atoms with van der Waals surface area (Å²) in [5, 5.41) is 4.66. The van der Waals surface area contributed by atoms with Gasteiger partial charge in [-0.05, 0) is 116 Å². The van der Waals surface area contributed by atoms with E-state index in [0.717, 1.165) is 66.9 Å². The van der Waals surface area contributed by atoms with Crippen molar-refractivity contribution in [3.05, 3.63) is 169 Å². The largest absolute Gasteiger partial charge is 0.255 e. The van der Waals surface area contributed by atoms with Crippen LogP contribution < -0.4 is 0 Å². The van der Waals surface area contributed by atoms with Crippen molar-refractivity contribution in [3.63, 3.8) is 0 Å². The Hall–Kier alpha value is -6.44. The number of hydrogen-bond donors (Lipinski definition) is 0. The average molecular weight is 587 g/mol. The third kappa shape index (κ3) is 5.17. The molecule has 0 amide bonds. The van der Waals surface area contributed by atoms with Gasteiger partial charge in [-0.25, -0.2) is 9.83 Å². The Morgan fingerprint density at radius 3 is 1.70 bits per heavy atom. The van der Waals surface area contributed by atoms with Crippen LogP contribution in [0.5, 0.6) is 0 Å². The van der Waals surface area contributed by atoms with E-state index in [-0.39, 0.29) is 0 Å². The molecule has 214 valence electrons. The molecule has 0 saturated heterocycles. The van der Waals surface area contributed by atoms with Crippen LogP contribution in [-0.2, 0) is 0 Å². The summed E-state index contributed by atoms with van der Waals surface area (Å²) in [6.45, 7) is 7.46. The summed E-state index contributed by atoms with van der Waals surface area (Å²) in [4.78, 5) is 17.7. The van der Waals surface area contributed by atoms with Gasteiger partial charge in [-0.3, -0.25) is 9.97 Å². The second-order valence-electron chi connectivity index (χ2n) is 11.2. The Bertz CT molecular complexity index is 2370. The molecule has 4 nitrogen and oxygen atoms in total. The Morgan fingerprint density at radius 1 is 0.413 bits per heavy atom. The molecule has 0 aliphatic rings. The molecule has 0 N–H and O–H groups in total. The molecule has 0 aliphatic heterocycles. The first kappa shape index (κ1) is 27.1. The van der Waals surface area contributed by atoms with Crippen molar-refractivity contribution in [2.45, 2.75) is 0 Å². The summed E-state index contributed by atoms with van der Waals surface area (Å²) < 4.78 is 0. The molecular weight excluding hydrogens is 560 g/mol. The van der Waals surface area contributed by atoms with Crippen molar-refractivity contribution in [3.8, 4) is 56.2 Å². The summed E-state index contributed by atoms with van der Waals surface area (Å²) in [6, 6.07) is 50.0. The fourth-order valence-corrected chi connectivity index (χ4v) is 6.04. The molecule has 0 spiro atoms. The number of aromatic nitrogens is 3. The van der Waals surface area contributed by atoms with Crippen molar-refractivity contribution in [1.29, 1.82) is 0 Å². The van der Waals surface area contributed by atoms with E-state index >= 15 is 0 Å². The van der Waals surface area contributed by atoms with Crippen molar-refractivity contribution in [2.75, 3.05) is 0 Å². The molecule has 8 rings (SSSR count). The molecule has 0 fully saturated rings. The first-order chi connectivity index (χ1) is 22.7. The van der Waals surface area contributed by atoms with Gasteiger partial charge in [0.2, 0.25) is 0 Å². The topological polar surface area (TPSA) is 43.0 Å². The minimum absolute atomic E-state index is 0.643. The van der Waals surface area contributed by atoms with Crippen molar-refractivity contribution in [2.24, 2.45) is 0 Å². The van der Waals surface area contributed by atoms with Gasteiger partial charge in [0, 0.05) is 12.4 Å². The van der Waals surface area contributed by atoms with Crippen LogP contribution in [0.3, 0.4) is 0 Å². The maximum atomic E-state index is 7.46. The van der Waals surface area contributed by atoms with Crippen LogP contribution in [0, 0.1) is 6.57 Å². The molecule has 5 aromatic carbocycles. The first-order valence-corrected chi connectivity index (χ1v) is 15.1. The Kier molecular flexibility index (Phi) is 6.83. The van der Waals surface area contributed by atoms with E-state index in [4.69, 9.17) is 11.6 Å². The van der Waals surface area contributed by atoms with Gasteiger partial charge >= 0.3 is 0 Å². The van der Waals surface area contributed by atoms with Crippen LogP contribution in [0.1, 0.15) is 0 Å².